The van der Waals surface area contributed by atoms with Crippen molar-refractivity contribution in [1.82, 2.24) is 0 Å². The van der Waals surface area contributed by atoms with Crippen molar-refractivity contribution in [3.05, 3.63) is 86.9 Å². The molecule has 0 N–H and O–H groups in total. The molecule has 0 amide bonds. The normalized spacial score (nSPS) is 10.8. The van der Waals surface area contributed by atoms with Crippen molar-refractivity contribution < 1.29 is 19.1 Å². The van der Waals surface area contributed by atoms with Crippen LogP contribution >= 0.6 is 11.6 Å². The van der Waals surface area contributed by atoms with Crippen LogP contribution in [0.25, 0.3) is 0 Å². The van der Waals surface area contributed by atoms with Gasteiger partial charge in [0.25, 0.3) is 5.69 Å². The number of nitro groups is 1. The third kappa shape index (κ3) is 5.27. The minimum absolute atomic E-state index is 0.0230. The highest BCUT2D eigenvalue weighted by atomic mass is 35.5. The molecule has 0 fully saturated rings. The molecule has 30 heavy (non-hydrogen) atoms. The van der Waals surface area contributed by atoms with Crippen molar-refractivity contribution in [3.8, 4) is 17.2 Å². The van der Waals surface area contributed by atoms with E-state index >= 15 is 0 Å². The SMILES string of the molecule is COc1ccc(N=Cc2cc(Cl)c(OCc3ccc([N+](=O)[O-])cc3)c(OC)c2)cc1. The lowest BCUT2D eigenvalue weighted by Gasteiger charge is -2.13. The Morgan fingerprint density at radius 2 is 1.73 bits per heavy atom. The van der Waals surface area contributed by atoms with Gasteiger partial charge < -0.3 is 14.2 Å². The number of halogens is 1. The summed E-state index contributed by atoms with van der Waals surface area (Å²) in [6.07, 6.45) is 1.68. The van der Waals surface area contributed by atoms with E-state index in [-0.39, 0.29) is 12.3 Å². The van der Waals surface area contributed by atoms with E-state index in [2.05, 4.69) is 4.99 Å². The molecule has 0 aliphatic carbocycles. The molecule has 0 bridgehead atoms. The quantitative estimate of drug-likeness (QED) is 0.266. The average molecular weight is 427 g/mol. The summed E-state index contributed by atoms with van der Waals surface area (Å²) < 4.78 is 16.3. The average Bonchev–Trinajstić information content (AvgIpc) is 2.77. The van der Waals surface area contributed by atoms with Crippen molar-refractivity contribution in [3.63, 3.8) is 0 Å². The van der Waals surface area contributed by atoms with Crippen LogP contribution in [0.1, 0.15) is 11.1 Å². The Bertz CT molecular complexity index is 1050. The Kier molecular flexibility index (Phi) is 6.87. The van der Waals surface area contributed by atoms with Gasteiger partial charge in [-0.15, -0.1) is 0 Å². The van der Waals surface area contributed by atoms with E-state index in [4.69, 9.17) is 25.8 Å². The van der Waals surface area contributed by atoms with Gasteiger partial charge in [-0.25, -0.2) is 0 Å². The van der Waals surface area contributed by atoms with Crippen LogP contribution < -0.4 is 14.2 Å². The van der Waals surface area contributed by atoms with Crippen molar-refractivity contribution in [2.24, 2.45) is 4.99 Å². The predicted molar refractivity (Wildman–Crippen MR) is 116 cm³/mol. The zero-order valence-electron chi connectivity index (χ0n) is 16.4. The van der Waals surface area contributed by atoms with Gasteiger partial charge >= 0.3 is 0 Å². The van der Waals surface area contributed by atoms with Crippen LogP contribution in [0.3, 0.4) is 0 Å². The summed E-state index contributed by atoms with van der Waals surface area (Å²) in [7, 11) is 3.13. The van der Waals surface area contributed by atoms with E-state index in [0.717, 1.165) is 22.6 Å². The fourth-order valence-corrected chi connectivity index (χ4v) is 2.91. The van der Waals surface area contributed by atoms with E-state index < -0.39 is 4.92 Å². The second-order valence-electron chi connectivity index (χ2n) is 6.20. The molecule has 0 atom stereocenters. The van der Waals surface area contributed by atoms with Crippen LogP contribution in [0.15, 0.2) is 65.7 Å². The van der Waals surface area contributed by atoms with Crippen LogP contribution in [0.2, 0.25) is 5.02 Å². The maximum absolute atomic E-state index is 10.7. The largest absolute Gasteiger partial charge is 0.497 e. The zero-order chi connectivity index (χ0) is 21.5. The summed E-state index contributed by atoms with van der Waals surface area (Å²) in [5.74, 6) is 1.60. The zero-order valence-corrected chi connectivity index (χ0v) is 17.1. The summed E-state index contributed by atoms with van der Waals surface area (Å²) in [6.45, 7) is 0.188. The molecule has 3 aromatic rings. The summed E-state index contributed by atoms with van der Waals surface area (Å²) >= 11 is 6.40. The fraction of sp³-hybridized carbons (Fsp3) is 0.136. The Hall–Kier alpha value is -3.58. The van der Waals surface area contributed by atoms with E-state index in [0.29, 0.717) is 16.5 Å². The molecule has 0 saturated carbocycles. The highest BCUT2D eigenvalue weighted by Crippen LogP contribution is 2.36. The molecule has 0 heterocycles. The summed E-state index contributed by atoms with van der Waals surface area (Å²) in [5.41, 5.74) is 2.30. The number of nitro benzene ring substituents is 1. The number of methoxy groups -OCH3 is 2. The summed E-state index contributed by atoms with van der Waals surface area (Å²) in [4.78, 5) is 14.7. The molecule has 3 aromatic carbocycles. The van der Waals surface area contributed by atoms with Crippen LogP contribution in [-0.2, 0) is 6.61 Å². The Morgan fingerprint density at radius 3 is 2.33 bits per heavy atom. The number of ether oxygens (including phenoxy) is 3. The van der Waals surface area contributed by atoms with E-state index in [1.54, 1.807) is 37.6 Å². The highest BCUT2D eigenvalue weighted by molar-refractivity contribution is 6.32. The Morgan fingerprint density at radius 1 is 1.03 bits per heavy atom. The predicted octanol–water partition coefficient (Wildman–Crippen LogP) is 5.60. The van der Waals surface area contributed by atoms with E-state index in [1.807, 2.05) is 24.3 Å². The molecule has 0 radical (unpaired) electrons. The maximum Gasteiger partial charge on any atom is 0.269 e. The Balaban J connectivity index is 1.74. The standard InChI is InChI=1S/C22H19ClN2O5/c1-28-19-9-5-17(6-10-19)24-13-16-11-20(23)22(21(12-16)29-2)30-14-15-3-7-18(8-4-15)25(26)27/h3-13H,14H2,1-2H3. The second-order valence-corrected chi connectivity index (χ2v) is 6.61. The lowest BCUT2D eigenvalue weighted by molar-refractivity contribution is -0.384. The maximum atomic E-state index is 10.7. The van der Waals surface area contributed by atoms with Crippen LogP contribution in [0, 0.1) is 10.1 Å². The van der Waals surface area contributed by atoms with Gasteiger partial charge in [0.1, 0.15) is 12.4 Å². The fourth-order valence-electron chi connectivity index (χ4n) is 2.64. The molecule has 154 valence electrons. The number of aliphatic imine (C=N–C) groups is 1. The number of nitrogens with zero attached hydrogens (tertiary/aromatic N) is 2. The van der Waals surface area contributed by atoms with Gasteiger partial charge in [-0.3, -0.25) is 15.1 Å². The summed E-state index contributed by atoms with van der Waals surface area (Å²) in [5, 5.41) is 11.1. The third-order valence-electron chi connectivity index (χ3n) is 4.22. The lowest BCUT2D eigenvalue weighted by atomic mass is 10.2. The molecule has 8 heteroatoms. The van der Waals surface area contributed by atoms with Gasteiger partial charge in [-0.1, -0.05) is 11.6 Å². The number of rotatable bonds is 8. The van der Waals surface area contributed by atoms with Gasteiger partial charge in [-0.2, -0.15) is 0 Å². The monoisotopic (exact) mass is 426 g/mol. The lowest BCUT2D eigenvalue weighted by Crippen LogP contribution is -2.00. The first-order valence-corrected chi connectivity index (χ1v) is 9.29. The number of hydrogen-bond donors (Lipinski definition) is 0. The van der Waals surface area contributed by atoms with E-state index in [9.17, 15) is 10.1 Å². The van der Waals surface area contributed by atoms with Crippen molar-refractivity contribution in [2.75, 3.05) is 14.2 Å². The van der Waals surface area contributed by atoms with Crippen molar-refractivity contribution >= 4 is 29.2 Å². The Labute approximate surface area is 178 Å². The van der Waals surface area contributed by atoms with Gasteiger partial charge in [0, 0.05) is 18.3 Å². The molecule has 0 aromatic heterocycles. The minimum atomic E-state index is -0.448. The number of hydrogen-bond acceptors (Lipinski definition) is 6. The molecule has 0 aliphatic rings. The molecule has 7 nitrogen and oxygen atoms in total. The van der Waals surface area contributed by atoms with Crippen molar-refractivity contribution in [2.45, 2.75) is 6.61 Å². The highest BCUT2D eigenvalue weighted by Gasteiger charge is 2.12. The second kappa shape index (κ2) is 9.76. The first-order chi connectivity index (χ1) is 14.5. The molecule has 3 rings (SSSR count). The summed E-state index contributed by atoms with van der Waals surface area (Å²) in [6, 6.07) is 17.0. The first kappa shape index (κ1) is 21.1. The minimum Gasteiger partial charge on any atom is -0.497 e. The van der Waals surface area contributed by atoms with Gasteiger partial charge in [0.2, 0.25) is 0 Å². The smallest absolute Gasteiger partial charge is 0.269 e. The van der Waals surface area contributed by atoms with Crippen LogP contribution in [0.5, 0.6) is 17.2 Å². The van der Waals surface area contributed by atoms with Gasteiger partial charge in [0.15, 0.2) is 11.5 Å². The molecule has 0 spiro atoms. The number of non-ortho nitro benzene ring substituents is 1. The topological polar surface area (TPSA) is 83.2 Å². The first-order valence-electron chi connectivity index (χ1n) is 8.92. The van der Waals surface area contributed by atoms with Crippen LogP contribution in [0.4, 0.5) is 11.4 Å². The molecule has 0 unspecified atom stereocenters. The molecule has 0 aliphatic heterocycles. The molecular formula is C22H19ClN2O5. The van der Waals surface area contributed by atoms with E-state index in [1.165, 1.54) is 19.2 Å². The third-order valence-corrected chi connectivity index (χ3v) is 4.50. The number of benzene rings is 3. The van der Waals surface area contributed by atoms with Crippen LogP contribution in [-0.4, -0.2) is 25.4 Å². The molecule has 0 saturated heterocycles. The van der Waals surface area contributed by atoms with Gasteiger partial charge in [-0.05, 0) is 59.7 Å². The van der Waals surface area contributed by atoms with Crippen molar-refractivity contribution in [1.29, 1.82) is 0 Å². The van der Waals surface area contributed by atoms with Gasteiger partial charge in [0.05, 0.1) is 29.9 Å². The molecular weight excluding hydrogens is 408 g/mol.